The highest BCUT2D eigenvalue weighted by molar-refractivity contribution is 7.10. The number of amides is 1. The summed E-state index contributed by atoms with van der Waals surface area (Å²) in [6.45, 7) is 3.68. The number of carbonyl (C=O) groups is 1. The van der Waals surface area contributed by atoms with Crippen molar-refractivity contribution in [2.24, 2.45) is 0 Å². The van der Waals surface area contributed by atoms with Gasteiger partial charge in [0.2, 0.25) is 11.8 Å². The molecule has 3 rings (SSSR count). The topological polar surface area (TPSA) is 59.2 Å². The van der Waals surface area contributed by atoms with E-state index in [0.29, 0.717) is 18.9 Å². The van der Waals surface area contributed by atoms with Gasteiger partial charge in [-0.15, -0.1) is 11.3 Å². The van der Waals surface area contributed by atoms with Gasteiger partial charge in [0.05, 0.1) is 12.3 Å². The Labute approximate surface area is 140 Å². The molecule has 1 amide bonds. The molecule has 0 spiro atoms. The molecule has 1 aliphatic rings. The van der Waals surface area contributed by atoms with E-state index < -0.39 is 0 Å². The highest BCUT2D eigenvalue weighted by atomic mass is 32.1. The molecule has 0 radical (unpaired) electrons. The molecular weight excluding hydrogens is 310 g/mol. The molecule has 0 saturated carbocycles. The molecule has 1 saturated heterocycles. The second kappa shape index (κ2) is 7.73. The van der Waals surface area contributed by atoms with Gasteiger partial charge in [-0.1, -0.05) is 24.6 Å². The first-order chi connectivity index (χ1) is 11.3. The van der Waals surface area contributed by atoms with Crippen LogP contribution < -0.4 is 0 Å². The Morgan fingerprint density at radius 3 is 3.22 bits per heavy atom. The van der Waals surface area contributed by atoms with Crippen molar-refractivity contribution in [2.45, 2.75) is 51.4 Å². The fourth-order valence-electron chi connectivity index (χ4n) is 2.95. The van der Waals surface area contributed by atoms with Crippen LogP contribution in [0.5, 0.6) is 0 Å². The molecular formula is C17H23N3O2S. The molecule has 23 heavy (non-hydrogen) atoms. The van der Waals surface area contributed by atoms with E-state index in [9.17, 15) is 4.79 Å². The van der Waals surface area contributed by atoms with Crippen molar-refractivity contribution in [2.75, 3.05) is 13.1 Å². The monoisotopic (exact) mass is 333 g/mol. The first-order valence-electron chi connectivity index (χ1n) is 8.39. The lowest BCUT2D eigenvalue weighted by Crippen LogP contribution is -2.39. The molecule has 0 unspecified atom stereocenters. The quantitative estimate of drug-likeness (QED) is 0.813. The van der Waals surface area contributed by atoms with Gasteiger partial charge in [0.1, 0.15) is 0 Å². The number of hydrogen-bond acceptors (Lipinski definition) is 5. The van der Waals surface area contributed by atoms with Crippen LogP contribution in [0.1, 0.15) is 55.1 Å². The normalized spacial score (nSPS) is 18.3. The van der Waals surface area contributed by atoms with E-state index in [0.717, 1.165) is 49.4 Å². The summed E-state index contributed by atoms with van der Waals surface area (Å²) in [4.78, 5) is 20.1. The van der Waals surface area contributed by atoms with Crippen molar-refractivity contribution in [3.05, 3.63) is 34.1 Å². The lowest BCUT2D eigenvalue weighted by Gasteiger charge is -2.31. The number of carbonyl (C=O) groups excluding carboxylic acids is 1. The molecule has 0 N–H and O–H groups in total. The Bertz CT molecular complexity index is 624. The van der Waals surface area contributed by atoms with Crippen molar-refractivity contribution in [1.29, 1.82) is 0 Å². The number of aromatic nitrogens is 2. The predicted molar refractivity (Wildman–Crippen MR) is 89.5 cm³/mol. The Morgan fingerprint density at radius 2 is 2.43 bits per heavy atom. The summed E-state index contributed by atoms with van der Waals surface area (Å²) in [6.07, 6.45) is 5.57. The van der Waals surface area contributed by atoms with Gasteiger partial charge in [-0.25, -0.2) is 0 Å². The fraction of sp³-hybridized carbons (Fsp3) is 0.588. The van der Waals surface area contributed by atoms with E-state index in [1.54, 1.807) is 11.3 Å². The average molecular weight is 333 g/mol. The molecule has 1 aliphatic heterocycles. The van der Waals surface area contributed by atoms with E-state index in [1.165, 1.54) is 0 Å². The number of piperidine rings is 1. The van der Waals surface area contributed by atoms with Crippen LogP contribution in [0.15, 0.2) is 22.0 Å². The van der Waals surface area contributed by atoms with E-state index in [4.69, 9.17) is 4.52 Å². The summed E-state index contributed by atoms with van der Waals surface area (Å²) < 4.78 is 5.44. The molecule has 0 aromatic carbocycles. The van der Waals surface area contributed by atoms with E-state index in [1.807, 2.05) is 22.4 Å². The van der Waals surface area contributed by atoms with E-state index in [-0.39, 0.29) is 11.8 Å². The van der Waals surface area contributed by atoms with Crippen LogP contribution in [0, 0.1) is 0 Å². The zero-order chi connectivity index (χ0) is 16.1. The molecule has 2 aromatic rings. The average Bonchev–Trinajstić information content (AvgIpc) is 3.24. The summed E-state index contributed by atoms with van der Waals surface area (Å²) in [5.41, 5.74) is 0. The van der Waals surface area contributed by atoms with Crippen LogP contribution in [0.2, 0.25) is 0 Å². The van der Waals surface area contributed by atoms with Crippen molar-refractivity contribution in [1.82, 2.24) is 15.0 Å². The van der Waals surface area contributed by atoms with E-state index >= 15 is 0 Å². The van der Waals surface area contributed by atoms with Gasteiger partial charge >= 0.3 is 0 Å². The lowest BCUT2D eigenvalue weighted by molar-refractivity contribution is -0.131. The lowest BCUT2D eigenvalue weighted by atomic mass is 9.97. The van der Waals surface area contributed by atoms with Crippen molar-refractivity contribution in [3.63, 3.8) is 0 Å². The molecule has 0 bridgehead atoms. The number of thiophene rings is 1. The van der Waals surface area contributed by atoms with Gasteiger partial charge in [-0.3, -0.25) is 4.79 Å². The molecule has 5 nitrogen and oxygen atoms in total. The highest BCUT2D eigenvalue weighted by Gasteiger charge is 2.28. The van der Waals surface area contributed by atoms with Crippen LogP contribution in [0.3, 0.4) is 0 Å². The van der Waals surface area contributed by atoms with Crippen LogP contribution >= 0.6 is 11.3 Å². The highest BCUT2D eigenvalue weighted by Crippen LogP contribution is 2.26. The third kappa shape index (κ3) is 4.19. The smallest absolute Gasteiger partial charge is 0.231 e. The predicted octanol–water partition coefficient (Wildman–Crippen LogP) is 3.42. The second-order valence-corrected chi connectivity index (χ2v) is 7.12. The summed E-state index contributed by atoms with van der Waals surface area (Å²) >= 11 is 1.63. The maximum atomic E-state index is 12.5. The molecule has 6 heteroatoms. The minimum atomic E-state index is 0.180. The van der Waals surface area contributed by atoms with Crippen LogP contribution in [0.4, 0.5) is 0 Å². The molecule has 124 valence electrons. The standard InChI is InChI=1S/C17H23N3O2S/c1-2-3-8-15-18-17(22-19-15)13-6-4-9-20(12-13)16(21)11-14-7-5-10-23-14/h5,7,10,13H,2-4,6,8-9,11-12H2,1H3/t13-/m1/s1. The number of nitrogens with zero attached hydrogens (tertiary/aromatic N) is 3. The van der Waals surface area contributed by atoms with Gasteiger partial charge in [-0.05, 0) is 30.7 Å². The molecule has 1 atom stereocenters. The van der Waals surface area contributed by atoms with Crippen molar-refractivity contribution >= 4 is 17.2 Å². The molecule has 0 aliphatic carbocycles. The Balaban J connectivity index is 1.59. The van der Waals surface area contributed by atoms with Crippen LogP contribution in [0.25, 0.3) is 0 Å². The summed E-state index contributed by atoms with van der Waals surface area (Å²) in [7, 11) is 0. The zero-order valence-corrected chi connectivity index (χ0v) is 14.3. The number of hydrogen-bond donors (Lipinski definition) is 0. The minimum Gasteiger partial charge on any atom is -0.342 e. The largest absolute Gasteiger partial charge is 0.342 e. The number of unbranched alkanes of at least 4 members (excludes halogenated alkanes) is 1. The first kappa shape index (κ1) is 16.2. The van der Waals surface area contributed by atoms with Gasteiger partial charge < -0.3 is 9.42 Å². The maximum Gasteiger partial charge on any atom is 0.231 e. The molecule has 1 fully saturated rings. The molecule has 2 aromatic heterocycles. The molecule has 3 heterocycles. The number of likely N-dealkylation sites (tertiary alicyclic amines) is 1. The number of aryl methyl sites for hydroxylation is 1. The third-order valence-corrected chi connectivity index (χ3v) is 5.14. The van der Waals surface area contributed by atoms with Gasteiger partial charge in [0.25, 0.3) is 0 Å². The minimum absolute atomic E-state index is 0.180. The fourth-order valence-corrected chi connectivity index (χ4v) is 3.64. The Hall–Kier alpha value is -1.69. The van der Waals surface area contributed by atoms with Crippen LogP contribution in [-0.2, 0) is 17.6 Å². The maximum absolute atomic E-state index is 12.5. The van der Waals surface area contributed by atoms with Gasteiger partial charge in [-0.2, -0.15) is 4.98 Å². The van der Waals surface area contributed by atoms with Crippen molar-refractivity contribution < 1.29 is 9.32 Å². The summed E-state index contributed by atoms with van der Waals surface area (Å²) in [6, 6.07) is 4.00. The van der Waals surface area contributed by atoms with Gasteiger partial charge in [0, 0.05) is 24.4 Å². The van der Waals surface area contributed by atoms with Gasteiger partial charge in [0.15, 0.2) is 5.82 Å². The van der Waals surface area contributed by atoms with E-state index in [2.05, 4.69) is 17.1 Å². The number of rotatable bonds is 6. The first-order valence-corrected chi connectivity index (χ1v) is 9.27. The summed E-state index contributed by atoms with van der Waals surface area (Å²) in [5.74, 6) is 1.87. The third-order valence-electron chi connectivity index (χ3n) is 4.27. The Kier molecular flexibility index (Phi) is 5.43. The van der Waals surface area contributed by atoms with Crippen molar-refractivity contribution in [3.8, 4) is 0 Å². The zero-order valence-electron chi connectivity index (χ0n) is 13.5. The Morgan fingerprint density at radius 1 is 1.52 bits per heavy atom. The summed E-state index contributed by atoms with van der Waals surface area (Å²) in [5, 5.41) is 6.08. The SMILES string of the molecule is CCCCc1noc([C@@H]2CCCN(C(=O)Cc3cccs3)C2)n1. The van der Waals surface area contributed by atoms with Crippen LogP contribution in [-0.4, -0.2) is 34.0 Å². The second-order valence-electron chi connectivity index (χ2n) is 6.09.